The Hall–Kier alpha value is -2.20. The molecule has 0 atom stereocenters. The van der Waals surface area contributed by atoms with E-state index in [2.05, 4.69) is 15.9 Å². The van der Waals surface area contributed by atoms with Gasteiger partial charge in [-0.3, -0.25) is 9.36 Å². The van der Waals surface area contributed by atoms with Gasteiger partial charge in [0.25, 0.3) is 5.56 Å². The van der Waals surface area contributed by atoms with Crippen LogP contribution in [-0.4, -0.2) is 27.8 Å². The topological polar surface area (TPSA) is 83.1 Å². The maximum atomic E-state index is 14.5. The van der Waals surface area contributed by atoms with Crippen LogP contribution in [0.25, 0.3) is 16.7 Å². The van der Waals surface area contributed by atoms with Gasteiger partial charge in [0.05, 0.1) is 17.5 Å². The van der Waals surface area contributed by atoms with Gasteiger partial charge in [0.2, 0.25) is 10.0 Å². The Morgan fingerprint density at radius 3 is 2.58 bits per heavy atom. The second-order valence-electron chi connectivity index (χ2n) is 6.16. The predicted octanol–water partition coefficient (Wildman–Crippen LogP) is 1.61. The Morgan fingerprint density at radius 2 is 1.92 bits per heavy atom. The standard InChI is InChI=1S/C16H13BrFN3O4S/c1-26(24,25)21-15-12-3-2-6-19(12)14(22)8-13(15)20(16(21)23)11-5-4-9(17)7-10(11)18/h4-5,7-8H,2-3,6H2,1H3. The molecule has 0 spiro atoms. The first-order valence-corrected chi connectivity index (χ1v) is 10.4. The van der Waals surface area contributed by atoms with Crippen LogP contribution in [0.2, 0.25) is 0 Å². The van der Waals surface area contributed by atoms with Gasteiger partial charge >= 0.3 is 5.69 Å². The van der Waals surface area contributed by atoms with Gasteiger partial charge in [0.15, 0.2) is 0 Å². The number of hydrogen-bond acceptors (Lipinski definition) is 4. The highest BCUT2D eigenvalue weighted by Gasteiger charge is 2.28. The first-order chi connectivity index (χ1) is 12.2. The number of imidazole rings is 1. The van der Waals surface area contributed by atoms with E-state index in [4.69, 9.17) is 0 Å². The van der Waals surface area contributed by atoms with Crippen LogP contribution >= 0.6 is 15.9 Å². The van der Waals surface area contributed by atoms with Crippen LogP contribution in [0.3, 0.4) is 0 Å². The van der Waals surface area contributed by atoms with Crippen LogP contribution in [0.15, 0.2) is 38.3 Å². The number of hydrogen-bond donors (Lipinski definition) is 0. The van der Waals surface area contributed by atoms with E-state index in [9.17, 15) is 22.4 Å². The van der Waals surface area contributed by atoms with Crippen LogP contribution in [0.1, 0.15) is 12.1 Å². The first-order valence-electron chi connectivity index (χ1n) is 7.76. The largest absolute Gasteiger partial charge is 0.347 e. The van der Waals surface area contributed by atoms with E-state index in [0.717, 1.165) is 10.8 Å². The van der Waals surface area contributed by atoms with Crippen molar-refractivity contribution in [2.45, 2.75) is 19.4 Å². The molecule has 10 heteroatoms. The van der Waals surface area contributed by atoms with Crippen LogP contribution < -0.4 is 11.2 Å². The van der Waals surface area contributed by atoms with E-state index in [0.29, 0.717) is 33.5 Å². The number of aryl methyl sites for hydroxylation is 1. The van der Waals surface area contributed by atoms with Crippen LogP contribution in [0.5, 0.6) is 0 Å². The lowest BCUT2D eigenvalue weighted by atomic mass is 10.2. The minimum absolute atomic E-state index is 0.0831. The fourth-order valence-corrected chi connectivity index (χ4v) is 4.69. The Labute approximate surface area is 155 Å². The third-order valence-electron chi connectivity index (χ3n) is 4.45. The van der Waals surface area contributed by atoms with E-state index >= 15 is 0 Å². The van der Waals surface area contributed by atoms with Crippen molar-refractivity contribution >= 4 is 37.0 Å². The van der Waals surface area contributed by atoms with Crippen molar-refractivity contribution in [3.63, 3.8) is 0 Å². The van der Waals surface area contributed by atoms with Gasteiger partial charge in [0.1, 0.15) is 11.3 Å². The van der Waals surface area contributed by atoms with E-state index in [1.165, 1.54) is 28.8 Å². The smallest absolute Gasteiger partial charge is 0.310 e. The van der Waals surface area contributed by atoms with Gasteiger partial charge in [-0.15, -0.1) is 0 Å². The van der Waals surface area contributed by atoms with E-state index in [-0.39, 0.29) is 22.3 Å². The number of rotatable bonds is 2. The molecule has 1 aliphatic rings. The summed E-state index contributed by atoms with van der Waals surface area (Å²) in [5, 5.41) is 0. The number of nitrogens with zero attached hydrogens (tertiary/aromatic N) is 3. The Bertz CT molecular complexity index is 1300. The molecule has 0 amide bonds. The molecule has 1 aromatic carbocycles. The molecule has 3 aromatic rings. The van der Waals surface area contributed by atoms with Crippen LogP contribution in [0, 0.1) is 5.82 Å². The number of halogens is 2. The molecular formula is C16H13BrFN3O4S. The fraction of sp³-hybridized carbons (Fsp3) is 0.250. The van der Waals surface area contributed by atoms with E-state index < -0.39 is 21.5 Å². The molecule has 0 N–H and O–H groups in total. The number of aromatic nitrogens is 3. The summed E-state index contributed by atoms with van der Waals surface area (Å²) in [6, 6.07) is 5.26. The van der Waals surface area contributed by atoms with Crippen LogP contribution in [0.4, 0.5) is 4.39 Å². The summed E-state index contributed by atoms with van der Waals surface area (Å²) in [7, 11) is -3.97. The van der Waals surface area contributed by atoms with Gasteiger partial charge in [-0.1, -0.05) is 15.9 Å². The lowest BCUT2D eigenvalue weighted by Gasteiger charge is -2.08. The maximum Gasteiger partial charge on any atom is 0.347 e. The molecule has 0 radical (unpaired) electrons. The normalized spacial score (nSPS) is 14.1. The van der Waals surface area contributed by atoms with Crippen molar-refractivity contribution in [1.29, 1.82) is 0 Å². The lowest BCUT2D eigenvalue weighted by molar-refractivity contribution is 0.591. The highest BCUT2D eigenvalue weighted by atomic mass is 79.9. The predicted molar refractivity (Wildman–Crippen MR) is 98.0 cm³/mol. The van der Waals surface area contributed by atoms with Gasteiger partial charge in [-0.2, -0.15) is 3.97 Å². The molecule has 3 heterocycles. The summed E-state index contributed by atoms with van der Waals surface area (Å²) in [4.78, 5) is 25.3. The third kappa shape index (κ3) is 2.39. The minimum atomic E-state index is -3.97. The molecule has 4 rings (SSSR count). The van der Waals surface area contributed by atoms with Crippen molar-refractivity contribution in [3.8, 4) is 5.69 Å². The molecule has 7 nitrogen and oxygen atoms in total. The zero-order valence-corrected chi connectivity index (χ0v) is 16.0. The Kier molecular flexibility index (Phi) is 3.74. The molecule has 0 saturated carbocycles. The van der Waals surface area contributed by atoms with E-state index in [1.54, 1.807) is 0 Å². The average Bonchev–Trinajstić information content (AvgIpc) is 3.10. The van der Waals surface area contributed by atoms with Gasteiger partial charge in [-0.25, -0.2) is 17.6 Å². The van der Waals surface area contributed by atoms with Crippen molar-refractivity contribution in [2.75, 3.05) is 6.26 Å². The first kappa shape index (κ1) is 17.2. The minimum Gasteiger partial charge on any atom is -0.310 e. The second-order valence-corrected chi connectivity index (χ2v) is 8.91. The van der Waals surface area contributed by atoms with Crippen LogP contribution in [-0.2, 0) is 23.0 Å². The number of pyridine rings is 1. The molecule has 1 aliphatic heterocycles. The molecule has 0 aliphatic carbocycles. The average molecular weight is 442 g/mol. The summed E-state index contributed by atoms with van der Waals surface area (Å²) >= 11 is 3.14. The van der Waals surface area contributed by atoms with Crippen molar-refractivity contribution in [1.82, 2.24) is 13.1 Å². The Balaban J connectivity index is 2.26. The second kappa shape index (κ2) is 5.65. The molecule has 26 heavy (non-hydrogen) atoms. The monoisotopic (exact) mass is 441 g/mol. The highest BCUT2D eigenvalue weighted by molar-refractivity contribution is 9.10. The maximum absolute atomic E-state index is 14.5. The molecular weight excluding hydrogens is 429 g/mol. The van der Waals surface area contributed by atoms with Crippen molar-refractivity contribution in [2.24, 2.45) is 0 Å². The summed E-state index contributed by atoms with van der Waals surface area (Å²) in [5.74, 6) is -0.713. The molecule has 0 bridgehead atoms. The number of benzene rings is 1. The molecule has 2 aromatic heterocycles. The summed E-state index contributed by atoms with van der Waals surface area (Å²) in [6.45, 7) is 0.458. The van der Waals surface area contributed by atoms with Crippen molar-refractivity contribution < 1.29 is 12.8 Å². The fourth-order valence-electron chi connectivity index (χ4n) is 3.46. The van der Waals surface area contributed by atoms with Gasteiger partial charge in [0, 0.05) is 22.8 Å². The van der Waals surface area contributed by atoms with Crippen molar-refractivity contribution in [3.05, 3.63) is 61.1 Å². The molecule has 136 valence electrons. The molecule has 0 saturated heterocycles. The zero-order chi connectivity index (χ0) is 18.8. The van der Waals surface area contributed by atoms with E-state index in [1.807, 2.05) is 0 Å². The quantitative estimate of drug-likeness (QED) is 0.604. The third-order valence-corrected chi connectivity index (χ3v) is 5.95. The highest BCUT2D eigenvalue weighted by Crippen LogP contribution is 2.27. The molecule has 0 unspecified atom stereocenters. The van der Waals surface area contributed by atoms with Gasteiger partial charge in [-0.05, 0) is 31.0 Å². The molecule has 0 fully saturated rings. The van der Waals surface area contributed by atoms with Gasteiger partial charge < -0.3 is 4.57 Å². The summed E-state index contributed by atoms with van der Waals surface area (Å²) < 4.78 is 42.6. The number of fused-ring (bicyclic) bond motifs is 3. The zero-order valence-electron chi connectivity index (χ0n) is 13.6. The SMILES string of the molecule is CS(=O)(=O)n1c(=O)n(-c2ccc(Br)cc2F)c2cc(=O)n3c(c21)CCC3. The lowest BCUT2D eigenvalue weighted by Crippen LogP contribution is -2.28. The Morgan fingerprint density at radius 1 is 1.19 bits per heavy atom. The summed E-state index contributed by atoms with van der Waals surface area (Å²) in [6.07, 6.45) is 2.05. The summed E-state index contributed by atoms with van der Waals surface area (Å²) in [5.41, 5.74) is -0.693.